The van der Waals surface area contributed by atoms with Crippen LogP contribution in [0.15, 0.2) is 42.5 Å². The molecule has 2 aromatic rings. The van der Waals surface area contributed by atoms with E-state index in [1.54, 1.807) is 42.5 Å². The molecule has 0 radical (unpaired) electrons. The van der Waals surface area contributed by atoms with Crippen LogP contribution < -0.4 is 23.8 Å². The van der Waals surface area contributed by atoms with Crippen LogP contribution in [0, 0.1) is 0 Å². The Morgan fingerprint density at radius 3 is 2.21 bits per heavy atom. The first-order valence-electron chi connectivity index (χ1n) is 8.96. The minimum atomic E-state index is -3.73. The van der Waals surface area contributed by atoms with Gasteiger partial charge in [-0.05, 0) is 50.2 Å². The van der Waals surface area contributed by atoms with E-state index in [0.29, 0.717) is 35.2 Å². The van der Waals surface area contributed by atoms with Crippen LogP contribution in [0.5, 0.6) is 17.2 Å². The molecule has 9 heteroatoms. The zero-order valence-corrected chi connectivity index (χ0v) is 17.9. The lowest BCUT2D eigenvalue weighted by Crippen LogP contribution is -2.45. The van der Waals surface area contributed by atoms with Gasteiger partial charge in [0.2, 0.25) is 15.9 Å². The van der Waals surface area contributed by atoms with Gasteiger partial charge in [0, 0.05) is 6.07 Å². The van der Waals surface area contributed by atoms with Gasteiger partial charge in [0.1, 0.15) is 23.3 Å². The van der Waals surface area contributed by atoms with Crippen molar-refractivity contribution in [2.45, 2.75) is 19.9 Å². The van der Waals surface area contributed by atoms with Crippen molar-refractivity contribution >= 4 is 27.3 Å². The largest absolute Gasteiger partial charge is 0.497 e. The number of sulfonamides is 1. The lowest BCUT2D eigenvalue weighted by molar-refractivity contribution is -0.116. The molecule has 0 saturated heterocycles. The summed E-state index contributed by atoms with van der Waals surface area (Å²) in [4.78, 5) is 12.9. The Bertz CT molecular complexity index is 944. The first-order valence-corrected chi connectivity index (χ1v) is 10.8. The first-order chi connectivity index (χ1) is 13.7. The second-order valence-electron chi connectivity index (χ2n) is 6.22. The molecular weight excluding hydrogens is 396 g/mol. The number of carbonyl (C=O) groups is 1. The smallest absolute Gasteiger partial charge is 0.248 e. The zero-order valence-electron chi connectivity index (χ0n) is 17.1. The van der Waals surface area contributed by atoms with Crippen molar-refractivity contribution in [1.82, 2.24) is 0 Å². The maximum atomic E-state index is 12.9. The molecule has 0 saturated carbocycles. The normalized spacial score (nSPS) is 12.0. The number of rotatable bonds is 9. The molecule has 2 rings (SSSR count). The maximum absolute atomic E-state index is 12.9. The van der Waals surface area contributed by atoms with E-state index in [1.807, 2.05) is 6.92 Å². The maximum Gasteiger partial charge on any atom is 0.248 e. The van der Waals surface area contributed by atoms with Gasteiger partial charge < -0.3 is 19.5 Å². The molecule has 0 heterocycles. The fourth-order valence-electron chi connectivity index (χ4n) is 2.81. The van der Waals surface area contributed by atoms with E-state index in [9.17, 15) is 13.2 Å². The standard InChI is InChI=1S/C20H26N2O6S/c1-6-28-16-9-7-15(8-10-16)22(29(5,24)25)14(2)20(23)21-18-13-17(26-3)11-12-19(18)27-4/h7-14H,6H2,1-5H3,(H,21,23)/t14-/m1/s1. The number of benzene rings is 2. The quantitative estimate of drug-likeness (QED) is 0.668. The van der Waals surface area contributed by atoms with Crippen molar-refractivity contribution in [2.24, 2.45) is 0 Å². The molecule has 0 aliphatic heterocycles. The van der Waals surface area contributed by atoms with Crippen LogP contribution in [-0.2, 0) is 14.8 Å². The zero-order chi connectivity index (χ0) is 21.6. The van der Waals surface area contributed by atoms with E-state index in [2.05, 4.69) is 5.32 Å². The molecule has 0 aliphatic carbocycles. The van der Waals surface area contributed by atoms with Crippen LogP contribution in [0.1, 0.15) is 13.8 Å². The molecule has 0 unspecified atom stereocenters. The van der Waals surface area contributed by atoms with Crippen LogP contribution in [0.3, 0.4) is 0 Å². The number of hydrogen-bond donors (Lipinski definition) is 1. The second-order valence-corrected chi connectivity index (χ2v) is 8.08. The Morgan fingerprint density at radius 2 is 1.69 bits per heavy atom. The molecule has 0 aromatic heterocycles. The van der Waals surface area contributed by atoms with Gasteiger partial charge in [-0.1, -0.05) is 0 Å². The van der Waals surface area contributed by atoms with Crippen LogP contribution in [-0.4, -0.2) is 47.4 Å². The minimum absolute atomic E-state index is 0.358. The summed E-state index contributed by atoms with van der Waals surface area (Å²) in [6.45, 7) is 3.87. The summed E-state index contributed by atoms with van der Waals surface area (Å²) in [5.41, 5.74) is 0.736. The Kier molecular flexibility index (Phi) is 7.33. The Labute approximate surface area is 171 Å². The van der Waals surface area contributed by atoms with Gasteiger partial charge in [0.05, 0.1) is 38.5 Å². The van der Waals surface area contributed by atoms with Gasteiger partial charge >= 0.3 is 0 Å². The fraction of sp³-hybridized carbons (Fsp3) is 0.350. The summed E-state index contributed by atoms with van der Waals surface area (Å²) in [5.74, 6) is 1.05. The topological polar surface area (TPSA) is 94.2 Å². The first kappa shape index (κ1) is 22.4. The van der Waals surface area contributed by atoms with Gasteiger partial charge in [0.25, 0.3) is 0 Å². The molecule has 29 heavy (non-hydrogen) atoms. The molecule has 1 N–H and O–H groups in total. The number of amides is 1. The Hall–Kier alpha value is -2.94. The summed E-state index contributed by atoms with van der Waals surface area (Å²) >= 11 is 0. The molecule has 0 bridgehead atoms. The van der Waals surface area contributed by atoms with Gasteiger partial charge in [0.15, 0.2) is 0 Å². The molecule has 158 valence electrons. The predicted molar refractivity (Wildman–Crippen MR) is 113 cm³/mol. The average Bonchev–Trinajstić information content (AvgIpc) is 2.68. The number of nitrogens with one attached hydrogen (secondary N) is 1. The highest BCUT2D eigenvalue weighted by Crippen LogP contribution is 2.30. The lowest BCUT2D eigenvalue weighted by atomic mass is 10.2. The Balaban J connectivity index is 2.32. The van der Waals surface area contributed by atoms with E-state index < -0.39 is 22.0 Å². The number of ether oxygens (including phenoxy) is 3. The number of methoxy groups -OCH3 is 2. The predicted octanol–water partition coefficient (Wildman–Crippen LogP) is 2.90. The molecule has 2 aromatic carbocycles. The highest BCUT2D eigenvalue weighted by atomic mass is 32.2. The second kappa shape index (κ2) is 9.51. The Morgan fingerprint density at radius 1 is 1.07 bits per heavy atom. The summed E-state index contributed by atoms with van der Waals surface area (Å²) < 4.78 is 41.7. The molecule has 1 amide bonds. The molecule has 0 spiro atoms. The van der Waals surface area contributed by atoms with Crippen molar-refractivity contribution in [3.63, 3.8) is 0 Å². The van der Waals surface area contributed by atoms with E-state index >= 15 is 0 Å². The number of nitrogens with zero attached hydrogens (tertiary/aromatic N) is 1. The third-order valence-electron chi connectivity index (χ3n) is 4.16. The summed E-state index contributed by atoms with van der Waals surface area (Å²) in [5, 5.41) is 2.72. The lowest BCUT2D eigenvalue weighted by Gasteiger charge is -2.28. The number of hydrogen-bond acceptors (Lipinski definition) is 6. The van der Waals surface area contributed by atoms with E-state index in [-0.39, 0.29) is 0 Å². The monoisotopic (exact) mass is 422 g/mol. The molecule has 1 atom stereocenters. The highest BCUT2D eigenvalue weighted by molar-refractivity contribution is 7.92. The summed E-state index contributed by atoms with van der Waals surface area (Å²) in [7, 11) is -0.749. The summed E-state index contributed by atoms with van der Waals surface area (Å²) in [6, 6.07) is 10.5. The molecular formula is C20H26N2O6S. The molecule has 0 aliphatic rings. The van der Waals surface area contributed by atoms with Gasteiger partial charge in [-0.25, -0.2) is 8.42 Å². The van der Waals surface area contributed by atoms with Crippen LogP contribution in [0.4, 0.5) is 11.4 Å². The third-order valence-corrected chi connectivity index (χ3v) is 5.40. The van der Waals surface area contributed by atoms with Crippen molar-refractivity contribution in [2.75, 3.05) is 36.7 Å². The van der Waals surface area contributed by atoms with E-state index in [0.717, 1.165) is 10.6 Å². The number of anilines is 2. The van der Waals surface area contributed by atoms with Crippen LogP contribution in [0.2, 0.25) is 0 Å². The highest BCUT2D eigenvalue weighted by Gasteiger charge is 2.29. The molecule has 0 fully saturated rings. The van der Waals surface area contributed by atoms with E-state index in [1.165, 1.54) is 21.1 Å². The van der Waals surface area contributed by atoms with Crippen molar-refractivity contribution < 1.29 is 27.4 Å². The number of carbonyl (C=O) groups excluding carboxylic acids is 1. The van der Waals surface area contributed by atoms with Crippen LogP contribution in [0.25, 0.3) is 0 Å². The van der Waals surface area contributed by atoms with Gasteiger partial charge in [-0.3, -0.25) is 9.10 Å². The third kappa shape index (κ3) is 5.54. The van der Waals surface area contributed by atoms with E-state index in [4.69, 9.17) is 14.2 Å². The van der Waals surface area contributed by atoms with Crippen molar-refractivity contribution in [3.8, 4) is 17.2 Å². The van der Waals surface area contributed by atoms with Crippen LogP contribution >= 0.6 is 0 Å². The van der Waals surface area contributed by atoms with Crippen molar-refractivity contribution in [3.05, 3.63) is 42.5 Å². The van der Waals surface area contributed by atoms with Gasteiger partial charge in [-0.2, -0.15) is 0 Å². The summed E-state index contributed by atoms with van der Waals surface area (Å²) in [6.07, 6.45) is 1.05. The fourth-order valence-corrected chi connectivity index (χ4v) is 3.99. The molecule has 8 nitrogen and oxygen atoms in total. The minimum Gasteiger partial charge on any atom is -0.497 e. The van der Waals surface area contributed by atoms with Gasteiger partial charge in [-0.15, -0.1) is 0 Å². The SMILES string of the molecule is CCOc1ccc(N([C@H](C)C(=O)Nc2cc(OC)ccc2OC)S(C)(=O)=O)cc1. The van der Waals surface area contributed by atoms with Crippen molar-refractivity contribution in [1.29, 1.82) is 0 Å². The average molecular weight is 423 g/mol.